The fourth-order valence-corrected chi connectivity index (χ4v) is 2.82. The molecule has 0 aliphatic carbocycles. The summed E-state index contributed by atoms with van der Waals surface area (Å²) >= 11 is 11.5. The van der Waals surface area contributed by atoms with Crippen molar-refractivity contribution in [2.75, 3.05) is 0 Å². The highest BCUT2D eigenvalue weighted by atomic mass is 35.5. The van der Waals surface area contributed by atoms with E-state index in [-0.39, 0.29) is 6.10 Å². The Bertz CT molecular complexity index is 851. The SMILES string of the molecule is CC(C)Oc1cccc2c1[nH]c(=S)n2-c1cccc(Cl)c1. The van der Waals surface area contributed by atoms with Gasteiger partial charge in [0.25, 0.3) is 0 Å². The van der Waals surface area contributed by atoms with Crippen molar-refractivity contribution in [3.63, 3.8) is 0 Å². The van der Waals surface area contributed by atoms with E-state index in [1.54, 1.807) is 0 Å². The molecule has 3 nitrogen and oxygen atoms in total. The minimum Gasteiger partial charge on any atom is -0.489 e. The van der Waals surface area contributed by atoms with Crippen molar-refractivity contribution in [3.05, 3.63) is 52.3 Å². The van der Waals surface area contributed by atoms with Crippen LogP contribution in [0.3, 0.4) is 0 Å². The first-order valence-corrected chi connectivity index (χ1v) is 7.51. The van der Waals surface area contributed by atoms with Gasteiger partial charge in [-0.3, -0.25) is 4.57 Å². The highest BCUT2D eigenvalue weighted by Crippen LogP contribution is 2.28. The Labute approximate surface area is 133 Å². The summed E-state index contributed by atoms with van der Waals surface area (Å²) in [6, 6.07) is 13.5. The number of imidazole rings is 1. The number of halogens is 1. The van der Waals surface area contributed by atoms with Crippen molar-refractivity contribution in [1.29, 1.82) is 0 Å². The van der Waals surface area contributed by atoms with Crippen LogP contribution < -0.4 is 4.74 Å². The number of para-hydroxylation sites is 1. The number of rotatable bonds is 3. The van der Waals surface area contributed by atoms with Crippen molar-refractivity contribution in [3.8, 4) is 11.4 Å². The van der Waals surface area contributed by atoms with E-state index in [0.29, 0.717) is 9.79 Å². The van der Waals surface area contributed by atoms with Gasteiger partial charge in [-0.1, -0.05) is 23.7 Å². The normalized spacial score (nSPS) is 11.2. The van der Waals surface area contributed by atoms with Gasteiger partial charge in [0.15, 0.2) is 4.77 Å². The van der Waals surface area contributed by atoms with Crippen molar-refractivity contribution in [2.24, 2.45) is 0 Å². The zero-order chi connectivity index (χ0) is 15.0. The number of aromatic amines is 1. The largest absolute Gasteiger partial charge is 0.489 e. The van der Waals surface area contributed by atoms with Gasteiger partial charge in [-0.15, -0.1) is 0 Å². The van der Waals surface area contributed by atoms with Gasteiger partial charge in [0.1, 0.15) is 11.3 Å². The molecule has 1 aromatic heterocycles. The molecule has 0 saturated carbocycles. The average Bonchev–Trinajstić information content (AvgIpc) is 2.75. The van der Waals surface area contributed by atoms with E-state index in [0.717, 1.165) is 22.5 Å². The van der Waals surface area contributed by atoms with Crippen LogP contribution in [-0.4, -0.2) is 15.7 Å². The molecule has 0 spiro atoms. The zero-order valence-electron chi connectivity index (χ0n) is 11.8. The second-order valence-electron chi connectivity index (χ2n) is 5.06. The van der Waals surface area contributed by atoms with Crippen LogP contribution in [0.2, 0.25) is 5.02 Å². The Hall–Kier alpha value is -1.78. The minimum atomic E-state index is 0.104. The average molecular weight is 319 g/mol. The fraction of sp³-hybridized carbons (Fsp3) is 0.188. The number of nitrogens with zero attached hydrogens (tertiary/aromatic N) is 1. The maximum Gasteiger partial charge on any atom is 0.182 e. The van der Waals surface area contributed by atoms with Crippen LogP contribution in [-0.2, 0) is 0 Å². The molecule has 0 saturated heterocycles. The molecule has 0 atom stereocenters. The predicted octanol–water partition coefficient (Wildman–Crippen LogP) is 5.13. The molecular formula is C16H15ClN2OS. The maximum absolute atomic E-state index is 6.08. The molecule has 3 aromatic rings. The molecule has 0 aliphatic heterocycles. The standard InChI is InChI=1S/C16H15ClN2OS/c1-10(2)20-14-8-4-7-13-15(14)18-16(21)19(13)12-6-3-5-11(17)9-12/h3-10H,1-2H3,(H,18,21). The van der Waals surface area contributed by atoms with Crippen molar-refractivity contribution in [1.82, 2.24) is 9.55 Å². The second kappa shape index (κ2) is 5.54. The van der Waals surface area contributed by atoms with Crippen LogP contribution >= 0.6 is 23.8 Å². The summed E-state index contributed by atoms with van der Waals surface area (Å²) in [4.78, 5) is 3.23. The lowest BCUT2D eigenvalue weighted by atomic mass is 10.2. The molecule has 0 bridgehead atoms. The third-order valence-electron chi connectivity index (χ3n) is 3.11. The van der Waals surface area contributed by atoms with Crippen LogP contribution in [0.25, 0.3) is 16.7 Å². The molecule has 0 radical (unpaired) electrons. The molecule has 21 heavy (non-hydrogen) atoms. The molecule has 1 N–H and O–H groups in total. The Morgan fingerprint density at radius 2 is 1.95 bits per heavy atom. The highest BCUT2D eigenvalue weighted by molar-refractivity contribution is 7.71. The molecule has 0 amide bonds. The van der Waals surface area contributed by atoms with Gasteiger partial charge in [-0.05, 0) is 56.4 Å². The van der Waals surface area contributed by atoms with Crippen LogP contribution in [0.15, 0.2) is 42.5 Å². The summed E-state index contributed by atoms with van der Waals surface area (Å²) in [5.41, 5.74) is 2.80. The van der Waals surface area contributed by atoms with E-state index in [4.69, 9.17) is 28.6 Å². The summed E-state index contributed by atoms with van der Waals surface area (Å²) in [7, 11) is 0. The number of nitrogens with one attached hydrogen (secondary N) is 1. The van der Waals surface area contributed by atoms with Gasteiger partial charge in [-0.25, -0.2) is 0 Å². The van der Waals surface area contributed by atoms with Crippen LogP contribution in [0, 0.1) is 4.77 Å². The van der Waals surface area contributed by atoms with Gasteiger partial charge < -0.3 is 9.72 Å². The molecule has 5 heteroatoms. The molecule has 1 heterocycles. The second-order valence-corrected chi connectivity index (χ2v) is 5.89. The van der Waals surface area contributed by atoms with Gasteiger partial charge in [0, 0.05) is 10.7 Å². The Morgan fingerprint density at radius 3 is 2.67 bits per heavy atom. The number of benzene rings is 2. The first-order valence-electron chi connectivity index (χ1n) is 6.72. The Morgan fingerprint density at radius 1 is 1.19 bits per heavy atom. The van der Waals surface area contributed by atoms with E-state index < -0.39 is 0 Å². The summed E-state index contributed by atoms with van der Waals surface area (Å²) in [5.74, 6) is 0.800. The lowest BCUT2D eigenvalue weighted by Gasteiger charge is -2.10. The number of fused-ring (bicyclic) bond motifs is 1. The molecule has 0 aliphatic rings. The van der Waals surface area contributed by atoms with Crippen LogP contribution in [0.1, 0.15) is 13.8 Å². The van der Waals surface area contributed by atoms with Crippen molar-refractivity contribution in [2.45, 2.75) is 20.0 Å². The van der Waals surface area contributed by atoms with Crippen LogP contribution in [0.5, 0.6) is 5.75 Å². The Balaban J connectivity index is 2.25. The number of aromatic nitrogens is 2. The van der Waals surface area contributed by atoms with E-state index >= 15 is 0 Å². The molecule has 3 rings (SSSR count). The minimum absolute atomic E-state index is 0.104. The summed E-state index contributed by atoms with van der Waals surface area (Å²) in [6.45, 7) is 4.00. The summed E-state index contributed by atoms with van der Waals surface area (Å²) in [6.07, 6.45) is 0.104. The van der Waals surface area contributed by atoms with Crippen LogP contribution in [0.4, 0.5) is 0 Å². The number of ether oxygens (including phenoxy) is 1. The van der Waals surface area contributed by atoms with Gasteiger partial charge in [-0.2, -0.15) is 0 Å². The molecule has 0 fully saturated rings. The lowest BCUT2D eigenvalue weighted by molar-refractivity contribution is 0.245. The van der Waals surface area contributed by atoms with Gasteiger partial charge in [0.2, 0.25) is 0 Å². The van der Waals surface area contributed by atoms with E-state index in [2.05, 4.69) is 4.98 Å². The van der Waals surface area contributed by atoms with Gasteiger partial charge in [0.05, 0.1) is 11.6 Å². The zero-order valence-corrected chi connectivity index (χ0v) is 13.3. The summed E-state index contributed by atoms with van der Waals surface area (Å²) in [5, 5.41) is 0.679. The van der Waals surface area contributed by atoms with Gasteiger partial charge >= 0.3 is 0 Å². The first kappa shape index (κ1) is 14.2. The number of hydrogen-bond acceptors (Lipinski definition) is 2. The molecule has 0 unspecified atom stereocenters. The van der Waals surface area contributed by atoms with Crippen molar-refractivity contribution < 1.29 is 4.74 Å². The third kappa shape index (κ3) is 2.69. The number of hydrogen-bond donors (Lipinski definition) is 1. The topological polar surface area (TPSA) is 29.9 Å². The third-order valence-corrected chi connectivity index (χ3v) is 3.63. The quantitative estimate of drug-likeness (QED) is 0.678. The highest BCUT2D eigenvalue weighted by Gasteiger charge is 2.11. The molecular weight excluding hydrogens is 304 g/mol. The first-order chi connectivity index (χ1) is 10.1. The molecule has 2 aromatic carbocycles. The summed E-state index contributed by atoms with van der Waals surface area (Å²) < 4.78 is 8.42. The lowest BCUT2D eigenvalue weighted by Crippen LogP contribution is -2.05. The molecule has 108 valence electrons. The van der Waals surface area contributed by atoms with E-state index in [1.165, 1.54) is 0 Å². The smallest absolute Gasteiger partial charge is 0.182 e. The fourth-order valence-electron chi connectivity index (χ4n) is 2.33. The number of H-pyrrole nitrogens is 1. The van der Waals surface area contributed by atoms with Crippen molar-refractivity contribution >= 4 is 34.9 Å². The predicted molar refractivity (Wildman–Crippen MR) is 89.2 cm³/mol. The maximum atomic E-state index is 6.08. The van der Waals surface area contributed by atoms with E-state index in [9.17, 15) is 0 Å². The van der Waals surface area contributed by atoms with E-state index in [1.807, 2.05) is 60.9 Å². The Kier molecular flexibility index (Phi) is 3.74. The monoisotopic (exact) mass is 318 g/mol.